The Hall–Kier alpha value is -5.45. The normalized spacial score (nSPS) is 17.0. The molecule has 1 unspecified atom stereocenters. The monoisotopic (exact) mass is 847 g/mol. The van der Waals surface area contributed by atoms with E-state index in [-0.39, 0.29) is 49.9 Å². The van der Waals surface area contributed by atoms with Crippen molar-refractivity contribution in [3.8, 4) is 17.6 Å². The van der Waals surface area contributed by atoms with Gasteiger partial charge in [-0.3, -0.25) is 9.36 Å². The predicted molar refractivity (Wildman–Crippen MR) is 235 cm³/mol. The van der Waals surface area contributed by atoms with Crippen molar-refractivity contribution in [1.82, 2.24) is 14.2 Å². The molecule has 14 heteroatoms. The van der Waals surface area contributed by atoms with Crippen LogP contribution in [0.3, 0.4) is 0 Å². The third kappa shape index (κ3) is 10.5. The molecule has 2 heterocycles. The minimum absolute atomic E-state index is 0.0191. The van der Waals surface area contributed by atoms with Crippen LogP contribution in [0.2, 0.25) is 0 Å². The third-order valence-electron chi connectivity index (χ3n) is 10.4. The number of benzene rings is 4. The number of carbonyl (C=O) groups is 1. The Kier molecular flexibility index (Phi) is 15.4. The summed E-state index contributed by atoms with van der Waals surface area (Å²) in [5, 5.41) is 12.2. The summed E-state index contributed by atoms with van der Waals surface area (Å²) in [6.45, 7) is 10.3. The van der Waals surface area contributed by atoms with Gasteiger partial charge in [0, 0.05) is 35.8 Å². The molecule has 1 N–H and O–H groups in total. The molecule has 61 heavy (non-hydrogen) atoms. The Balaban J connectivity index is 1.41. The van der Waals surface area contributed by atoms with Crippen LogP contribution in [0.15, 0.2) is 120 Å². The zero-order valence-corrected chi connectivity index (χ0v) is 36.6. The van der Waals surface area contributed by atoms with E-state index in [9.17, 15) is 14.9 Å². The van der Waals surface area contributed by atoms with E-state index in [1.165, 1.54) is 4.57 Å². The second-order valence-corrected chi connectivity index (χ2v) is 16.6. The maximum atomic E-state index is 13.8. The van der Waals surface area contributed by atoms with E-state index in [2.05, 4.69) is 48.7 Å². The third-order valence-corrected chi connectivity index (χ3v) is 12.6. The summed E-state index contributed by atoms with van der Waals surface area (Å²) in [7, 11) is 1.55. The number of ether oxygens (including phenoxy) is 4. The molecule has 1 aliphatic heterocycles. The number of carbonyl (C=O) groups excluding carboxylic acids is 1. The van der Waals surface area contributed by atoms with Crippen molar-refractivity contribution in [2.75, 3.05) is 32.8 Å². The van der Waals surface area contributed by atoms with Crippen molar-refractivity contribution in [1.29, 1.82) is 5.26 Å². The molecule has 0 bridgehead atoms. The Morgan fingerprint density at radius 1 is 0.902 bits per heavy atom. The molecule has 5 aromatic rings. The molecule has 1 aliphatic rings. The van der Waals surface area contributed by atoms with Gasteiger partial charge in [0.05, 0.1) is 46.0 Å². The lowest BCUT2D eigenvalue weighted by atomic mass is 9.80. The molecule has 1 fully saturated rings. The molecule has 6 rings (SSSR count). The van der Waals surface area contributed by atoms with Crippen LogP contribution in [-0.2, 0) is 24.1 Å². The van der Waals surface area contributed by atoms with Gasteiger partial charge in [0.15, 0.2) is 0 Å². The van der Waals surface area contributed by atoms with E-state index >= 15 is 0 Å². The number of aryl methyl sites for hydroxylation is 1. The first kappa shape index (κ1) is 45.1. The number of aromatic nitrogens is 2. The van der Waals surface area contributed by atoms with Gasteiger partial charge in [-0.1, -0.05) is 72.8 Å². The highest BCUT2D eigenvalue weighted by Gasteiger charge is 2.45. The van der Waals surface area contributed by atoms with Gasteiger partial charge in [0.1, 0.15) is 35.2 Å². The van der Waals surface area contributed by atoms with E-state index in [4.69, 9.17) is 28.0 Å². The summed E-state index contributed by atoms with van der Waals surface area (Å²) in [6, 6.07) is 36.5. The Labute approximate surface area is 359 Å². The fourth-order valence-electron chi connectivity index (χ4n) is 7.49. The van der Waals surface area contributed by atoms with Crippen molar-refractivity contribution in [2.24, 2.45) is 0 Å². The van der Waals surface area contributed by atoms with Gasteiger partial charge in [-0.25, -0.2) is 9.46 Å². The molecular formula is C47H54N5O8P. The van der Waals surface area contributed by atoms with Gasteiger partial charge in [0.2, 0.25) is 0 Å². The first-order chi connectivity index (χ1) is 29.5. The first-order valence-electron chi connectivity index (χ1n) is 20.3. The van der Waals surface area contributed by atoms with E-state index in [1.807, 2.05) is 84.9 Å². The van der Waals surface area contributed by atoms with Gasteiger partial charge in [-0.2, -0.15) is 10.2 Å². The zero-order valence-electron chi connectivity index (χ0n) is 35.7. The molecular weight excluding hydrogens is 794 g/mol. The minimum atomic E-state index is -1.70. The largest absolute Gasteiger partial charge is 0.497 e. The van der Waals surface area contributed by atoms with E-state index in [0.717, 1.165) is 16.7 Å². The molecule has 4 atom stereocenters. The molecule has 320 valence electrons. The van der Waals surface area contributed by atoms with Crippen LogP contribution < -0.4 is 20.5 Å². The number of hydrogen-bond acceptors (Lipinski definition) is 11. The van der Waals surface area contributed by atoms with E-state index in [0.29, 0.717) is 22.6 Å². The van der Waals surface area contributed by atoms with Gasteiger partial charge in [0.25, 0.3) is 14.4 Å². The Bertz CT molecular complexity index is 2230. The Morgan fingerprint density at radius 3 is 2.00 bits per heavy atom. The fraction of sp³-hybridized carbons (Fsp3) is 0.362. The van der Waals surface area contributed by atoms with Crippen molar-refractivity contribution in [2.45, 2.75) is 83.6 Å². The number of amides is 1. The van der Waals surface area contributed by atoms with Crippen LogP contribution in [-0.4, -0.2) is 71.9 Å². The maximum Gasteiger partial charge on any atom is 0.351 e. The van der Waals surface area contributed by atoms with Crippen LogP contribution in [0, 0.1) is 18.3 Å². The maximum absolute atomic E-state index is 13.8. The molecule has 0 spiro atoms. The summed E-state index contributed by atoms with van der Waals surface area (Å²) < 4.78 is 42.1. The highest BCUT2D eigenvalue weighted by atomic mass is 31.2. The molecule has 1 aromatic heterocycles. The smallest absolute Gasteiger partial charge is 0.351 e. The van der Waals surface area contributed by atoms with Crippen molar-refractivity contribution in [3.05, 3.63) is 154 Å². The van der Waals surface area contributed by atoms with Gasteiger partial charge in [-0.15, -0.1) is 0 Å². The standard InChI is InChI=1S/C47H54N5O8P/c1-32(2)52(33(3)4)61(58-28-14-27-48)60-41-29-43(51-30-34(5)44(50-46(51)54)49-45(53)35-15-10-8-11-16-35)59-42(41)31-57-47(36-17-12-9-13-18-36,37-19-23-39(55-6)24-20-37)38-21-25-40(56-7)26-22-38/h8-13,15-26,30,32-33,41-43H,14,28-29,31H2,1-7H3,(H,49,50,53,54)/t41-,42+,43-,61?/m1/s1. The number of methoxy groups -OCH3 is 2. The molecule has 0 saturated carbocycles. The SMILES string of the molecule is COc1ccc(C(OC[C@@H]2O[C@@H](n3cc(C)c(NC(=O)c4ccccc4)nc3=O)C[C@H]2OP(OCCC#N)N(C(C)C)C(C)C)(c2ccccc2)c2ccc(OC)cc2)cc1. The minimum Gasteiger partial charge on any atom is -0.497 e. The number of nitrogens with one attached hydrogen (secondary N) is 1. The molecule has 0 aliphatic carbocycles. The highest BCUT2D eigenvalue weighted by molar-refractivity contribution is 7.44. The van der Waals surface area contributed by atoms with Crippen LogP contribution in [0.25, 0.3) is 0 Å². The van der Waals surface area contributed by atoms with Crippen LogP contribution in [0.5, 0.6) is 11.5 Å². The number of nitrogens with zero attached hydrogens (tertiary/aromatic N) is 4. The highest BCUT2D eigenvalue weighted by Crippen LogP contribution is 2.50. The van der Waals surface area contributed by atoms with Crippen molar-refractivity contribution < 1.29 is 32.8 Å². The van der Waals surface area contributed by atoms with Crippen LogP contribution in [0.4, 0.5) is 5.82 Å². The quantitative estimate of drug-likeness (QED) is 0.0484. The van der Waals surface area contributed by atoms with Crippen molar-refractivity contribution in [3.63, 3.8) is 0 Å². The lowest BCUT2D eigenvalue weighted by Gasteiger charge is -2.39. The fourth-order valence-corrected chi connectivity index (χ4v) is 9.25. The number of nitriles is 1. The van der Waals surface area contributed by atoms with Crippen molar-refractivity contribution >= 4 is 20.3 Å². The second kappa shape index (κ2) is 20.9. The van der Waals surface area contributed by atoms with E-state index < -0.39 is 38.3 Å². The summed E-state index contributed by atoms with van der Waals surface area (Å²) in [4.78, 5) is 31.2. The summed E-state index contributed by atoms with van der Waals surface area (Å²) in [6.07, 6.45) is -0.0854. The topological polar surface area (TPSA) is 146 Å². The van der Waals surface area contributed by atoms with E-state index in [1.54, 1.807) is 51.6 Å². The van der Waals surface area contributed by atoms with Crippen LogP contribution in [0.1, 0.15) is 79.4 Å². The lowest BCUT2D eigenvalue weighted by molar-refractivity contribution is -0.0925. The predicted octanol–water partition coefficient (Wildman–Crippen LogP) is 8.78. The lowest BCUT2D eigenvalue weighted by Crippen LogP contribution is -2.39. The molecule has 4 aromatic carbocycles. The average molecular weight is 848 g/mol. The average Bonchev–Trinajstić information content (AvgIpc) is 3.67. The van der Waals surface area contributed by atoms with Gasteiger partial charge < -0.3 is 33.3 Å². The summed E-state index contributed by atoms with van der Waals surface area (Å²) in [5.74, 6) is 1.17. The molecule has 1 saturated heterocycles. The first-order valence-corrected chi connectivity index (χ1v) is 21.5. The molecule has 0 radical (unpaired) electrons. The van der Waals surface area contributed by atoms with Gasteiger partial charge in [-0.05, 0) is 87.7 Å². The Morgan fingerprint density at radius 2 is 1.46 bits per heavy atom. The number of rotatable bonds is 19. The zero-order chi connectivity index (χ0) is 43.5. The molecule has 1 amide bonds. The molecule has 13 nitrogen and oxygen atoms in total. The number of anilines is 1. The van der Waals surface area contributed by atoms with Gasteiger partial charge >= 0.3 is 5.69 Å². The summed E-state index contributed by atoms with van der Waals surface area (Å²) >= 11 is 0. The number of hydrogen-bond donors (Lipinski definition) is 1. The second-order valence-electron chi connectivity index (χ2n) is 15.2. The summed E-state index contributed by atoms with van der Waals surface area (Å²) in [5.41, 5.74) is 1.80. The van der Waals surface area contributed by atoms with Crippen LogP contribution >= 0.6 is 8.53 Å².